The number of carbonyl (C=O) groups is 2. The van der Waals surface area contributed by atoms with Gasteiger partial charge in [0.2, 0.25) is 5.91 Å². The van der Waals surface area contributed by atoms with Gasteiger partial charge in [0.25, 0.3) is 5.69 Å². The number of rotatable bonds is 7. The van der Waals surface area contributed by atoms with E-state index in [-0.39, 0.29) is 24.6 Å². The molecule has 1 aliphatic rings. The number of nitro groups is 1. The molecular formula is C14H17N3O6. The number of hydrogen-bond donors (Lipinski definition) is 2. The first-order chi connectivity index (χ1) is 10.9. The van der Waals surface area contributed by atoms with E-state index in [1.165, 1.54) is 24.1 Å². The molecule has 0 aromatic heterocycles. The molecule has 9 heteroatoms. The molecule has 1 atom stereocenters. The van der Waals surface area contributed by atoms with Crippen LogP contribution in [0.5, 0.6) is 0 Å². The van der Waals surface area contributed by atoms with Crippen molar-refractivity contribution in [3.8, 4) is 0 Å². The van der Waals surface area contributed by atoms with E-state index in [0.29, 0.717) is 24.5 Å². The standard InChI is InChI=1S/C14H17N3O6/c1-23-5-4-15-11-3-2-10(7-12(11)17(21)22)16-8-9(14(19)20)6-13(16)18/h2-3,7,9,15H,4-6,8H2,1H3,(H,19,20)/t9-/m0/s1. The Morgan fingerprint density at radius 2 is 2.30 bits per heavy atom. The minimum Gasteiger partial charge on any atom is -0.481 e. The monoisotopic (exact) mass is 323 g/mol. The van der Waals surface area contributed by atoms with Crippen molar-refractivity contribution < 1.29 is 24.4 Å². The van der Waals surface area contributed by atoms with Gasteiger partial charge in [0.05, 0.1) is 23.1 Å². The highest BCUT2D eigenvalue weighted by molar-refractivity contribution is 5.99. The summed E-state index contributed by atoms with van der Waals surface area (Å²) in [4.78, 5) is 34.9. The van der Waals surface area contributed by atoms with Crippen LogP contribution in [0.1, 0.15) is 6.42 Å². The molecule has 1 heterocycles. The van der Waals surface area contributed by atoms with E-state index in [9.17, 15) is 19.7 Å². The second-order valence-electron chi connectivity index (χ2n) is 5.12. The van der Waals surface area contributed by atoms with E-state index in [2.05, 4.69) is 5.32 Å². The zero-order valence-corrected chi connectivity index (χ0v) is 12.5. The number of hydrogen-bond acceptors (Lipinski definition) is 6. The molecule has 1 aromatic carbocycles. The van der Waals surface area contributed by atoms with Gasteiger partial charge >= 0.3 is 5.97 Å². The highest BCUT2D eigenvalue weighted by atomic mass is 16.6. The van der Waals surface area contributed by atoms with Crippen LogP contribution in [0.25, 0.3) is 0 Å². The van der Waals surface area contributed by atoms with Gasteiger partial charge in [0.15, 0.2) is 0 Å². The number of benzene rings is 1. The van der Waals surface area contributed by atoms with Crippen molar-refractivity contribution >= 4 is 28.9 Å². The molecule has 0 bridgehead atoms. The van der Waals surface area contributed by atoms with E-state index in [0.717, 1.165) is 0 Å². The molecular weight excluding hydrogens is 306 g/mol. The lowest BCUT2D eigenvalue weighted by atomic mass is 10.1. The van der Waals surface area contributed by atoms with Crippen molar-refractivity contribution in [2.24, 2.45) is 5.92 Å². The third-order valence-electron chi connectivity index (χ3n) is 3.59. The Morgan fingerprint density at radius 1 is 1.57 bits per heavy atom. The number of methoxy groups -OCH3 is 1. The van der Waals surface area contributed by atoms with Crippen LogP contribution in [0.3, 0.4) is 0 Å². The van der Waals surface area contributed by atoms with Crippen molar-refractivity contribution in [2.45, 2.75) is 6.42 Å². The summed E-state index contributed by atoms with van der Waals surface area (Å²) in [6.07, 6.45) is -0.100. The largest absolute Gasteiger partial charge is 0.481 e. The van der Waals surface area contributed by atoms with Crippen LogP contribution >= 0.6 is 0 Å². The Bertz CT molecular complexity index is 633. The topological polar surface area (TPSA) is 122 Å². The van der Waals surface area contributed by atoms with Crippen molar-refractivity contribution in [1.82, 2.24) is 0 Å². The first-order valence-electron chi connectivity index (χ1n) is 6.98. The molecule has 9 nitrogen and oxygen atoms in total. The van der Waals surface area contributed by atoms with Crippen molar-refractivity contribution in [1.29, 1.82) is 0 Å². The Morgan fingerprint density at radius 3 is 2.87 bits per heavy atom. The number of carboxylic acids is 1. The number of carboxylic acid groups (broad SMARTS) is 1. The molecule has 2 rings (SSSR count). The smallest absolute Gasteiger partial charge is 0.308 e. The average Bonchev–Trinajstić information content (AvgIpc) is 2.90. The number of nitrogens with zero attached hydrogens (tertiary/aromatic N) is 2. The second kappa shape index (κ2) is 7.05. The first-order valence-corrected chi connectivity index (χ1v) is 6.98. The van der Waals surface area contributed by atoms with Gasteiger partial charge in [-0.1, -0.05) is 0 Å². The van der Waals surface area contributed by atoms with Gasteiger partial charge in [-0.25, -0.2) is 0 Å². The lowest BCUT2D eigenvalue weighted by molar-refractivity contribution is -0.383. The molecule has 0 radical (unpaired) electrons. The third kappa shape index (κ3) is 3.75. The SMILES string of the molecule is COCCNc1ccc(N2C[C@@H](C(=O)O)CC2=O)cc1[N+](=O)[O-]. The Balaban J connectivity index is 2.24. The summed E-state index contributed by atoms with van der Waals surface area (Å²) in [7, 11) is 1.52. The summed E-state index contributed by atoms with van der Waals surface area (Å²) in [5.41, 5.74) is 0.463. The quantitative estimate of drug-likeness (QED) is 0.437. The lowest BCUT2D eigenvalue weighted by Gasteiger charge is -2.17. The summed E-state index contributed by atoms with van der Waals surface area (Å²) in [6, 6.07) is 4.34. The molecule has 1 aromatic rings. The molecule has 1 saturated heterocycles. The van der Waals surface area contributed by atoms with Gasteiger partial charge in [0, 0.05) is 32.7 Å². The van der Waals surface area contributed by atoms with Crippen molar-refractivity contribution in [3.05, 3.63) is 28.3 Å². The minimum absolute atomic E-state index is 0.0156. The zero-order valence-electron chi connectivity index (χ0n) is 12.5. The van der Waals surface area contributed by atoms with E-state index in [1.807, 2.05) is 0 Å². The number of aliphatic carboxylic acids is 1. The van der Waals surface area contributed by atoms with Gasteiger partial charge in [-0.2, -0.15) is 0 Å². The average molecular weight is 323 g/mol. The summed E-state index contributed by atoms with van der Waals surface area (Å²) in [5, 5.41) is 23.1. The summed E-state index contributed by atoms with van der Waals surface area (Å²) in [5.74, 6) is -2.19. The number of amides is 1. The van der Waals surface area contributed by atoms with Gasteiger partial charge in [0.1, 0.15) is 5.69 Å². The molecule has 0 unspecified atom stereocenters. The maximum atomic E-state index is 11.9. The number of ether oxygens (including phenoxy) is 1. The molecule has 0 spiro atoms. The van der Waals surface area contributed by atoms with Crippen LogP contribution in [-0.2, 0) is 14.3 Å². The van der Waals surface area contributed by atoms with Crippen molar-refractivity contribution in [2.75, 3.05) is 37.0 Å². The van der Waals surface area contributed by atoms with E-state index < -0.39 is 16.8 Å². The molecule has 0 aliphatic carbocycles. The maximum absolute atomic E-state index is 11.9. The fourth-order valence-electron chi connectivity index (χ4n) is 2.40. The lowest BCUT2D eigenvalue weighted by Crippen LogP contribution is -2.25. The number of nitrogens with one attached hydrogen (secondary N) is 1. The highest BCUT2D eigenvalue weighted by Crippen LogP contribution is 2.32. The van der Waals surface area contributed by atoms with E-state index in [4.69, 9.17) is 9.84 Å². The predicted octanol–water partition coefficient (Wildman–Crippen LogP) is 1.09. The summed E-state index contributed by atoms with van der Waals surface area (Å²) in [6.45, 7) is 0.812. The Kier molecular flexibility index (Phi) is 5.12. The van der Waals surface area contributed by atoms with Crippen LogP contribution in [0, 0.1) is 16.0 Å². The van der Waals surface area contributed by atoms with Gasteiger partial charge in [-0.05, 0) is 12.1 Å². The van der Waals surface area contributed by atoms with Crippen LogP contribution in [-0.4, -0.2) is 48.7 Å². The van der Waals surface area contributed by atoms with Gasteiger partial charge in [-0.15, -0.1) is 0 Å². The molecule has 1 amide bonds. The Hall–Kier alpha value is -2.68. The van der Waals surface area contributed by atoms with E-state index >= 15 is 0 Å². The summed E-state index contributed by atoms with van der Waals surface area (Å²) < 4.78 is 4.88. The fourth-order valence-corrected chi connectivity index (χ4v) is 2.40. The Labute approximate surface area is 132 Å². The third-order valence-corrected chi connectivity index (χ3v) is 3.59. The summed E-state index contributed by atoms with van der Waals surface area (Å²) >= 11 is 0. The van der Waals surface area contributed by atoms with E-state index in [1.54, 1.807) is 6.07 Å². The normalized spacial score (nSPS) is 17.3. The molecule has 1 aliphatic heterocycles. The van der Waals surface area contributed by atoms with Crippen molar-refractivity contribution in [3.63, 3.8) is 0 Å². The minimum atomic E-state index is -1.05. The number of carbonyl (C=O) groups excluding carboxylic acids is 1. The maximum Gasteiger partial charge on any atom is 0.308 e. The molecule has 23 heavy (non-hydrogen) atoms. The first kappa shape index (κ1) is 16.7. The second-order valence-corrected chi connectivity index (χ2v) is 5.12. The van der Waals surface area contributed by atoms with Gasteiger partial charge in [-0.3, -0.25) is 19.7 Å². The van der Waals surface area contributed by atoms with Crippen LogP contribution in [0.2, 0.25) is 0 Å². The zero-order chi connectivity index (χ0) is 17.0. The number of anilines is 2. The molecule has 0 saturated carbocycles. The molecule has 2 N–H and O–H groups in total. The predicted molar refractivity (Wildman–Crippen MR) is 81.6 cm³/mol. The van der Waals surface area contributed by atoms with Crippen LogP contribution in [0.15, 0.2) is 18.2 Å². The molecule has 1 fully saturated rings. The van der Waals surface area contributed by atoms with Crippen LogP contribution < -0.4 is 10.2 Å². The number of nitro benzene ring substituents is 1. The molecule has 124 valence electrons. The van der Waals surface area contributed by atoms with Gasteiger partial charge < -0.3 is 20.1 Å². The highest BCUT2D eigenvalue weighted by Gasteiger charge is 2.35. The van der Waals surface area contributed by atoms with Crippen LogP contribution in [0.4, 0.5) is 17.1 Å². The fraction of sp³-hybridized carbons (Fsp3) is 0.429.